The quantitative estimate of drug-likeness (QED) is 0.675. The highest BCUT2D eigenvalue weighted by Gasteiger charge is 2.32. The van der Waals surface area contributed by atoms with Gasteiger partial charge in [-0.1, -0.05) is 61.5 Å². The van der Waals surface area contributed by atoms with Gasteiger partial charge in [0.15, 0.2) is 0 Å². The third kappa shape index (κ3) is 4.29. The normalized spacial score (nSPS) is 24.0. The van der Waals surface area contributed by atoms with Gasteiger partial charge in [-0.05, 0) is 48.9 Å². The zero-order valence-electron chi connectivity index (χ0n) is 13.2. The van der Waals surface area contributed by atoms with E-state index in [1.807, 2.05) is 6.07 Å². The summed E-state index contributed by atoms with van der Waals surface area (Å²) in [6.07, 6.45) is 7.67. The number of nitrogens with one attached hydrogen (secondary N) is 1. The first-order valence-electron chi connectivity index (χ1n) is 8.35. The van der Waals surface area contributed by atoms with Crippen LogP contribution in [0.25, 0.3) is 0 Å². The van der Waals surface area contributed by atoms with Crippen molar-refractivity contribution < 1.29 is 4.39 Å². The molecule has 0 bridgehead atoms. The van der Waals surface area contributed by atoms with E-state index in [4.69, 9.17) is 0 Å². The summed E-state index contributed by atoms with van der Waals surface area (Å²) >= 11 is 3.57. The van der Waals surface area contributed by atoms with E-state index >= 15 is 0 Å². The second kappa shape index (κ2) is 8.28. The molecule has 1 saturated carbocycles. The molecule has 0 amide bonds. The van der Waals surface area contributed by atoms with Crippen LogP contribution < -0.4 is 5.32 Å². The SMILES string of the molecule is CCCNC(c1ccc(F)cc1Br)C1CCCCC1CC. The van der Waals surface area contributed by atoms with Crippen LogP contribution in [0, 0.1) is 17.7 Å². The molecule has 3 atom stereocenters. The summed E-state index contributed by atoms with van der Waals surface area (Å²) in [4.78, 5) is 0. The highest BCUT2D eigenvalue weighted by molar-refractivity contribution is 9.10. The zero-order valence-corrected chi connectivity index (χ0v) is 14.8. The Kier molecular flexibility index (Phi) is 6.69. The van der Waals surface area contributed by atoms with Gasteiger partial charge < -0.3 is 5.32 Å². The van der Waals surface area contributed by atoms with Crippen LogP contribution in [0.3, 0.4) is 0 Å². The topological polar surface area (TPSA) is 12.0 Å². The molecule has 1 fully saturated rings. The summed E-state index contributed by atoms with van der Waals surface area (Å²) in [5.41, 5.74) is 1.22. The lowest BCUT2D eigenvalue weighted by molar-refractivity contribution is 0.175. The van der Waals surface area contributed by atoms with Crippen molar-refractivity contribution in [2.75, 3.05) is 6.54 Å². The Hall–Kier alpha value is -0.410. The molecule has 1 aliphatic rings. The fourth-order valence-corrected chi connectivity index (χ4v) is 4.33. The average Bonchev–Trinajstić information content (AvgIpc) is 2.49. The lowest BCUT2D eigenvalue weighted by Gasteiger charge is -2.38. The second-order valence-corrected chi connectivity index (χ2v) is 7.07. The van der Waals surface area contributed by atoms with Crippen molar-refractivity contribution in [2.45, 2.75) is 58.4 Å². The van der Waals surface area contributed by atoms with Gasteiger partial charge in [-0.15, -0.1) is 0 Å². The summed E-state index contributed by atoms with van der Waals surface area (Å²) in [5.74, 6) is 1.28. The van der Waals surface area contributed by atoms with E-state index in [1.165, 1.54) is 37.7 Å². The summed E-state index contributed by atoms with van der Waals surface area (Å²) in [7, 11) is 0. The second-order valence-electron chi connectivity index (χ2n) is 6.21. The Balaban J connectivity index is 2.27. The third-order valence-electron chi connectivity index (χ3n) is 4.83. The molecule has 2 rings (SSSR count). The van der Waals surface area contributed by atoms with Crippen molar-refractivity contribution in [1.29, 1.82) is 0 Å². The summed E-state index contributed by atoms with van der Waals surface area (Å²) in [6, 6.07) is 5.48. The maximum absolute atomic E-state index is 13.4. The van der Waals surface area contributed by atoms with Gasteiger partial charge in [-0.3, -0.25) is 0 Å². The van der Waals surface area contributed by atoms with Gasteiger partial charge >= 0.3 is 0 Å². The van der Waals surface area contributed by atoms with E-state index in [2.05, 4.69) is 35.1 Å². The van der Waals surface area contributed by atoms with Crippen LogP contribution in [-0.4, -0.2) is 6.54 Å². The van der Waals surface area contributed by atoms with Gasteiger partial charge in [-0.25, -0.2) is 4.39 Å². The Morgan fingerprint density at radius 2 is 2.05 bits per heavy atom. The largest absolute Gasteiger partial charge is 0.310 e. The molecule has 0 aromatic heterocycles. The van der Waals surface area contributed by atoms with Gasteiger partial charge in [0.05, 0.1) is 0 Å². The number of hydrogen-bond donors (Lipinski definition) is 1. The van der Waals surface area contributed by atoms with Gasteiger partial charge in [0.25, 0.3) is 0 Å². The Labute approximate surface area is 136 Å². The molecule has 1 aliphatic carbocycles. The molecule has 0 saturated heterocycles. The molecule has 1 N–H and O–H groups in total. The molecule has 1 aromatic carbocycles. The van der Waals surface area contributed by atoms with Crippen molar-refractivity contribution in [3.8, 4) is 0 Å². The molecule has 0 spiro atoms. The molecule has 0 heterocycles. The van der Waals surface area contributed by atoms with E-state index in [0.29, 0.717) is 12.0 Å². The summed E-state index contributed by atoms with van der Waals surface area (Å²) in [5, 5.41) is 3.73. The first-order valence-corrected chi connectivity index (χ1v) is 9.15. The van der Waals surface area contributed by atoms with Gasteiger partial charge in [-0.2, -0.15) is 0 Å². The zero-order chi connectivity index (χ0) is 15.2. The van der Waals surface area contributed by atoms with Crippen LogP contribution in [0.15, 0.2) is 22.7 Å². The van der Waals surface area contributed by atoms with Crippen molar-refractivity contribution in [2.24, 2.45) is 11.8 Å². The first-order chi connectivity index (χ1) is 10.2. The highest BCUT2D eigenvalue weighted by atomic mass is 79.9. The summed E-state index contributed by atoms with van der Waals surface area (Å²) in [6.45, 7) is 5.52. The van der Waals surface area contributed by atoms with Crippen molar-refractivity contribution in [3.63, 3.8) is 0 Å². The van der Waals surface area contributed by atoms with Gasteiger partial charge in [0, 0.05) is 10.5 Å². The van der Waals surface area contributed by atoms with Crippen LogP contribution in [-0.2, 0) is 0 Å². The smallest absolute Gasteiger partial charge is 0.124 e. The lowest BCUT2D eigenvalue weighted by atomic mass is 9.72. The maximum atomic E-state index is 13.4. The molecule has 3 heteroatoms. The average molecular weight is 356 g/mol. The standard InChI is InChI=1S/C18H27BrFN/c1-3-11-21-18(15-8-6-5-7-13(15)4-2)16-10-9-14(20)12-17(16)19/h9-10,12-13,15,18,21H,3-8,11H2,1-2H3. The van der Waals surface area contributed by atoms with Crippen LogP contribution in [0.4, 0.5) is 4.39 Å². The molecule has 3 unspecified atom stereocenters. The van der Waals surface area contributed by atoms with E-state index in [0.717, 1.165) is 23.4 Å². The monoisotopic (exact) mass is 355 g/mol. The number of rotatable bonds is 6. The minimum Gasteiger partial charge on any atom is -0.310 e. The predicted molar refractivity (Wildman–Crippen MR) is 90.9 cm³/mol. The highest BCUT2D eigenvalue weighted by Crippen LogP contribution is 2.42. The first kappa shape index (κ1) is 17.0. The molecule has 118 valence electrons. The van der Waals surface area contributed by atoms with E-state index in [9.17, 15) is 4.39 Å². The van der Waals surface area contributed by atoms with Crippen LogP contribution in [0.2, 0.25) is 0 Å². The van der Waals surface area contributed by atoms with Crippen LogP contribution in [0.5, 0.6) is 0 Å². The molecule has 1 aromatic rings. The fraction of sp³-hybridized carbons (Fsp3) is 0.667. The predicted octanol–water partition coefficient (Wildman–Crippen LogP) is 5.85. The third-order valence-corrected chi connectivity index (χ3v) is 5.52. The molecular formula is C18H27BrFN. The number of halogens is 2. The molecule has 21 heavy (non-hydrogen) atoms. The summed E-state index contributed by atoms with van der Waals surface area (Å²) < 4.78 is 14.3. The number of benzene rings is 1. The van der Waals surface area contributed by atoms with E-state index in [1.54, 1.807) is 12.1 Å². The molecule has 0 radical (unpaired) electrons. The van der Waals surface area contributed by atoms with Gasteiger partial charge in [0.1, 0.15) is 5.82 Å². The Morgan fingerprint density at radius 3 is 2.71 bits per heavy atom. The minimum atomic E-state index is -0.171. The van der Waals surface area contributed by atoms with E-state index in [-0.39, 0.29) is 5.82 Å². The van der Waals surface area contributed by atoms with Crippen LogP contribution in [0.1, 0.15) is 64.0 Å². The Morgan fingerprint density at radius 1 is 1.29 bits per heavy atom. The molecule has 1 nitrogen and oxygen atoms in total. The van der Waals surface area contributed by atoms with Gasteiger partial charge in [0.2, 0.25) is 0 Å². The maximum Gasteiger partial charge on any atom is 0.124 e. The lowest BCUT2D eigenvalue weighted by Crippen LogP contribution is -2.35. The molecule has 0 aliphatic heterocycles. The van der Waals surface area contributed by atoms with Crippen molar-refractivity contribution in [3.05, 3.63) is 34.1 Å². The fourth-order valence-electron chi connectivity index (χ4n) is 3.73. The Bertz CT molecular complexity index is 449. The number of hydrogen-bond acceptors (Lipinski definition) is 1. The van der Waals surface area contributed by atoms with E-state index < -0.39 is 0 Å². The van der Waals surface area contributed by atoms with Crippen molar-refractivity contribution in [1.82, 2.24) is 5.32 Å². The van der Waals surface area contributed by atoms with Crippen LogP contribution >= 0.6 is 15.9 Å². The minimum absolute atomic E-state index is 0.171. The molecular weight excluding hydrogens is 329 g/mol. The van der Waals surface area contributed by atoms with Crippen molar-refractivity contribution >= 4 is 15.9 Å².